The smallest absolute Gasteiger partial charge is 0.415 e. The molecule has 11 heteroatoms. The fourth-order valence-electron chi connectivity index (χ4n) is 8.34. The van der Waals surface area contributed by atoms with Crippen LogP contribution in [0.5, 0.6) is 0 Å². The van der Waals surface area contributed by atoms with Crippen LogP contribution in [0.3, 0.4) is 0 Å². The molecule has 0 aromatic heterocycles. The van der Waals surface area contributed by atoms with Crippen LogP contribution in [0, 0.1) is 5.41 Å². The van der Waals surface area contributed by atoms with Crippen LogP contribution in [-0.4, -0.2) is 86.9 Å². The van der Waals surface area contributed by atoms with Gasteiger partial charge in [0, 0.05) is 25.9 Å². The van der Waals surface area contributed by atoms with Crippen LogP contribution in [-0.2, 0) is 43.3 Å². The molecule has 0 bridgehead atoms. The third-order valence-corrected chi connectivity index (χ3v) is 10.8. The largest absolute Gasteiger partial charge is 0.480 e. The van der Waals surface area contributed by atoms with Gasteiger partial charge in [-0.15, -0.1) is 0 Å². The predicted octanol–water partition coefficient (Wildman–Crippen LogP) is 5.36. The van der Waals surface area contributed by atoms with E-state index >= 15 is 9.59 Å². The first-order valence-corrected chi connectivity index (χ1v) is 18.2. The lowest BCUT2D eigenvalue weighted by Gasteiger charge is -2.42. The maximum Gasteiger partial charge on any atom is 0.415 e. The van der Waals surface area contributed by atoms with Crippen molar-refractivity contribution in [2.45, 2.75) is 96.1 Å². The normalized spacial score (nSPS) is 24.0. The maximum atomic E-state index is 15.1. The molecule has 0 aliphatic carbocycles. The number of carbonyl (C=O) groups excluding carboxylic acids is 4. The van der Waals surface area contributed by atoms with Crippen molar-refractivity contribution in [2.75, 3.05) is 18.1 Å². The topological polar surface area (TPSA) is 128 Å². The van der Waals surface area contributed by atoms with Crippen molar-refractivity contribution in [1.29, 1.82) is 0 Å². The van der Waals surface area contributed by atoms with E-state index in [9.17, 15) is 19.5 Å². The number of likely N-dealkylation sites (tertiary alicyclic amines) is 2. The van der Waals surface area contributed by atoms with Gasteiger partial charge < -0.3 is 24.5 Å². The van der Waals surface area contributed by atoms with Crippen LogP contribution >= 0.6 is 0 Å². The second-order valence-electron chi connectivity index (χ2n) is 15.6. The number of anilines is 1. The number of aliphatic carboxylic acids is 1. The number of benzene rings is 3. The Morgan fingerprint density at radius 3 is 2.04 bits per heavy atom. The third-order valence-electron chi connectivity index (χ3n) is 10.8. The average molecular weight is 707 g/mol. The van der Waals surface area contributed by atoms with Crippen LogP contribution in [0.25, 0.3) is 0 Å². The lowest BCUT2D eigenvalue weighted by molar-refractivity contribution is -0.156. The summed E-state index contributed by atoms with van der Waals surface area (Å²) in [5.41, 5.74) is 3.87. The SMILES string of the molecule is CC(C)(C)COC(=O)N1c2ccccc2C[C@@H]1C(=O)N1[C@@H](C(=O)N2Cc3ccccc3C[C@@H]2C(=O)N2CCC[C@H]2C(=O)O)CC[C@H]1c1ccccc1. The summed E-state index contributed by atoms with van der Waals surface area (Å²) >= 11 is 0. The molecule has 4 aliphatic heterocycles. The molecule has 0 radical (unpaired) electrons. The fraction of sp³-hybridized carbons (Fsp3) is 0.439. The van der Waals surface area contributed by atoms with Gasteiger partial charge in [-0.05, 0) is 59.4 Å². The van der Waals surface area contributed by atoms with Gasteiger partial charge in [0.05, 0.1) is 18.3 Å². The van der Waals surface area contributed by atoms with E-state index in [0.717, 1.165) is 22.3 Å². The van der Waals surface area contributed by atoms with E-state index in [0.29, 0.717) is 37.9 Å². The Morgan fingerprint density at radius 2 is 1.33 bits per heavy atom. The van der Waals surface area contributed by atoms with E-state index < -0.39 is 42.3 Å². The molecule has 5 atom stereocenters. The molecule has 4 aliphatic rings. The quantitative estimate of drug-likeness (QED) is 0.366. The monoisotopic (exact) mass is 706 g/mol. The summed E-state index contributed by atoms with van der Waals surface area (Å²) < 4.78 is 5.78. The first kappa shape index (κ1) is 35.2. The molecular formula is C41H46N4O7. The van der Waals surface area contributed by atoms with Crippen molar-refractivity contribution < 1.29 is 33.8 Å². The van der Waals surface area contributed by atoms with Crippen LogP contribution < -0.4 is 4.90 Å². The van der Waals surface area contributed by atoms with Gasteiger partial charge in [0.2, 0.25) is 17.7 Å². The summed E-state index contributed by atoms with van der Waals surface area (Å²) in [5, 5.41) is 9.92. The van der Waals surface area contributed by atoms with Gasteiger partial charge in [-0.1, -0.05) is 93.6 Å². The molecule has 2 saturated heterocycles. The number of para-hydroxylation sites is 1. The van der Waals surface area contributed by atoms with Crippen LogP contribution in [0.4, 0.5) is 10.5 Å². The van der Waals surface area contributed by atoms with Crippen LogP contribution in [0.15, 0.2) is 78.9 Å². The molecule has 4 amide bonds. The number of fused-ring (bicyclic) bond motifs is 2. The predicted molar refractivity (Wildman–Crippen MR) is 193 cm³/mol. The van der Waals surface area contributed by atoms with Gasteiger partial charge in [-0.3, -0.25) is 19.3 Å². The maximum absolute atomic E-state index is 15.1. The minimum absolute atomic E-state index is 0.158. The molecule has 1 N–H and O–H groups in total. The van der Waals surface area contributed by atoms with Crippen LogP contribution in [0.2, 0.25) is 0 Å². The molecule has 4 heterocycles. The highest BCUT2D eigenvalue weighted by atomic mass is 16.6. The van der Waals surface area contributed by atoms with E-state index in [1.54, 1.807) is 9.80 Å². The van der Waals surface area contributed by atoms with E-state index in [1.165, 1.54) is 9.80 Å². The van der Waals surface area contributed by atoms with Crippen molar-refractivity contribution in [1.82, 2.24) is 14.7 Å². The second kappa shape index (κ2) is 14.1. The van der Waals surface area contributed by atoms with Crippen molar-refractivity contribution >= 4 is 35.5 Å². The Bertz CT molecular complexity index is 1870. The highest BCUT2D eigenvalue weighted by Gasteiger charge is 2.51. The summed E-state index contributed by atoms with van der Waals surface area (Å²) in [4.78, 5) is 76.4. The number of carbonyl (C=O) groups is 5. The van der Waals surface area contributed by atoms with Gasteiger partial charge in [0.15, 0.2) is 0 Å². The highest BCUT2D eigenvalue weighted by molar-refractivity contribution is 6.02. The molecule has 0 spiro atoms. The first-order chi connectivity index (χ1) is 24.9. The zero-order valence-corrected chi connectivity index (χ0v) is 29.9. The summed E-state index contributed by atoms with van der Waals surface area (Å²) in [6.45, 7) is 6.53. The molecule has 272 valence electrons. The van der Waals surface area contributed by atoms with Gasteiger partial charge >= 0.3 is 12.1 Å². The number of carboxylic acid groups (broad SMARTS) is 1. The average Bonchev–Trinajstić information content (AvgIpc) is 3.90. The van der Waals surface area contributed by atoms with Gasteiger partial charge in [-0.2, -0.15) is 0 Å². The number of rotatable bonds is 6. The zero-order chi connectivity index (χ0) is 36.7. The molecule has 3 aromatic carbocycles. The molecule has 52 heavy (non-hydrogen) atoms. The molecule has 7 rings (SSSR count). The Labute approximate surface area is 304 Å². The molecule has 0 saturated carbocycles. The van der Waals surface area contributed by atoms with E-state index in [-0.39, 0.29) is 49.1 Å². The standard InChI is InChI=1S/C41H46N4O7/c1-41(2,3)25-52-40(51)45-30-17-10-9-15-28(30)23-35(45)38(48)44-31(26-12-5-4-6-13-26)19-20-32(44)36(46)43-24-29-16-8-7-14-27(29)22-34(43)37(47)42-21-11-18-33(42)39(49)50/h4-10,12-17,31-35H,11,18-25H2,1-3H3,(H,49,50)/t31-,32+,33-,34+,35+/m0/s1. The Balaban J connectivity index is 1.25. The number of carboxylic acids is 1. The molecule has 3 aromatic rings. The lowest BCUT2D eigenvalue weighted by atomic mass is 9.92. The Morgan fingerprint density at radius 1 is 0.692 bits per heavy atom. The number of amides is 4. The van der Waals surface area contributed by atoms with Gasteiger partial charge in [0.25, 0.3) is 0 Å². The number of hydrogen-bond donors (Lipinski definition) is 1. The lowest BCUT2D eigenvalue weighted by Crippen LogP contribution is -2.60. The van der Waals surface area contributed by atoms with Crippen molar-refractivity contribution in [2.24, 2.45) is 5.41 Å². The molecule has 0 unspecified atom stereocenters. The van der Waals surface area contributed by atoms with Crippen LogP contribution in [0.1, 0.15) is 74.8 Å². The summed E-state index contributed by atoms with van der Waals surface area (Å²) in [5.74, 6) is -2.16. The minimum atomic E-state index is -1.05. The molecular weight excluding hydrogens is 660 g/mol. The third kappa shape index (κ3) is 6.64. The first-order valence-electron chi connectivity index (χ1n) is 18.2. The van der Waals surface area contributed by atoms with Crippen molar-refractivity contribution in [3.05, 3.63) is 101 Å². The Kier molecular flexibility index (Phi) is 9.54. The summed E-state index contributed by atoms with van der Waals surface area (Å²) in [7, 11) is 0. The van der Waals surface area contributed by atoms with Crippen molar-refractivity contribution in [3.63, 3.8) is 0 Å². The summed E-state index contributed by atoms with van der Waals surface area (Å²) in [6, 6.07) is 20.5. The number of ether oxygens (including phenoxy) is 1. The van der Waals surface area contributed by atoms with Gasteiger partial charge in [0.1, 0.15) is 24.2 Å². The Hall–Kier alpha value is -5.19. The van der Waals surface area contributed by atoms with E-state index in [4.69, 9.17) is 4.74 Å². The van der Waals surface area contributed by atoms with Gasteiger partial charge in [-0.25, -0.2) is 9.59 Å². The van der Waals surface area contributed by atoms with Crippen molar-refractivity contribution in [3.8, 4) is 0 Å². The minimum Gasteiger partial charge on any atom is -0.480 e. The molecule has 11 nitrogen and oxygen atoms in total. The fourth-order valence-corrected chi connectivity index (χ4v) is 8.34. The van der Waals surface area contributed by atoms with E-state index in [1.807, 2.05) is 99.6 Å². The number of nitrogens with zero attached hydrogens (tertiary/aromatic N) is 4. The highest BCUT2D eigenvalue weighted by Crippen LogP contribution is 2.42. The molecule has 2 fully saturated rings. The number of hydrogen-bond acceptors (Lipinski definition) is 6. The zero-order valence-electron chi connectivity index (χ0n) is 29.9. The summed E-state index contributed by atoms with van der Waals surface area (Å²) in [6.07, 6.45) is 1.70. The second-order valence-corrected chi connectivity index (χ2v) is 15.6. The van der Waals surface area contributed by atoms with E-state index in [2.05, 4.69) is 0 Å².